The van der Waals surface area contributed by atoms with Crippen molar-refractivity contribution in [1.29, 1.82) is 0 Å². The van der Waals surface area contributed by atoms with Crippen LogP contribution in [-0.2, 0) is 6.54 Å². The lowest BCUT2D eigenvalue weighted by Gasteiger charge is -2.23. The monoisotopic (exact) mass is 257 g/mol. The van der Waals surface area contributed by atoms with Crippen LogP contribution >= 0.6 is 15.9 Å². The Balaban J connectivity index is 1.79. The fourth-order valence-corrected chi connectivity index (χ4v) is 2.32. The van der Waals surface area contributed by atoms with Gasteiger partial charge in [-0.1, -0.05) is 6.42 Å². The van der Waals surface area contributed by atoms with Crippen molar-refractivity contribution in [2.75, 3.05) is 6.54 Å². The Labute approximate surface area is 93.0 Å². The van der Waals surface area contributed by atoms with E-state index >= 15 is 0 Å². The molecule has 0 amide bonds. The zero-order valence-electron chi connectivity index (χ0n) is 8.25. The predicted octanol–water partition coefficient (Wildman–Crippen LogP) is 2.18. The molecule has 1 aliphatic rings. The molecule has 1 unspecified atom stereocenters. The van der Waals surface area contributed by atoms with E-state index < -0.39 is 0 Å². The fourth-order valence-electron chi connectivity index (χ4n) is 1.93. The molecule has 1 saturated heterocycles. The van der Waals surface area contributed by atoms with Crippen molar-refractivity contribution in [2.45, 2.75) is 38.3 Å². The van der Waals surface area contributed by atoms with Crippen LogP contribution in [0.4, 0.5) is 0 Å². The smallest absolute Gasteiger partial charge is 0.104 e. The molecule has 78 valence electrons. The van der Waals surface area contributed by atoms with E-state index in [4.69, 9.17) is 0 Å². The first-order chi connectivity index (χ1) is 6.86. The predicted molar refractivity (Wildman–Crippen MR) is 60.2 cm³/mol. The summed E-state index contributed by atoms with van der Waals surface area (Å²) in [7, 11) is 0. The van der Waals surface area contributed by atoms with Crippen molar-refractivity contribution in [2.24, 2.45) is 0 Å². The van der Waals surface area contributed by atoms with Crippen LogP contribution in [0.1, 0.15) is 25.7 Å². The van der Waals surface area contributed by atoms with Crippen LogP contribution < -0.4 is 5.32 Å². The molecular weight excluding hydrogens is 242 g/mol. The third-order valence-corrected chi connectivity index (χ3v) is 3.45. The fraction of sp³-hybridized carbons (Fsp3) is 0.700. The summed E-state index contributed by atoms with van der Waals surface area (Å²) in [4.78, 5) is 4.08. The number of nitrogens with zero attached hydrogens (tertiary/aromatic N) is 2. The highest BCUT2D eigenvalue weighted by Crippen LogP contribution is 2.13. The van der Waals surface area contributed by atoms with Gasteiger partial charge in [0.25, 0.3) is 0 Å². The summed E-state index contributed by atoms with van der Waals surface area (Å²) in [5.74, 6) is 0. The van der Waals surface area contributed by atoms with Crippen LogP contribution in [0, 0.1) is 0 Å². The van der Waals surface area contributed by atoms with Crippen molar-refractivity contribution in [3.05, 3.63) is 17.1 Å². The van der Waals surface area contributed by atoms with Gasteiger partial charge in [-0.05, 0) is 41.7 Å². The molecule has 14 heavy (non-hydrogen) atoms. The number of hydrogen-bond acceptors (Lipinski definition) is 2. The third kappa shape index (κ3) is 2.58. The second-order valence-electron chi connectivity index (χ2n) is 3.85. The zero-order chi connectivity index (χ0) is 9.80. The molecular formula is C10H16BrN3. The van der Waals surface area contributed by atoms with Crippen LogP contribution in [-0.4, -0.2) is 22.1 Å². The summed E-state index contributed by atoms with van der Waals surface area (Å²) in [6, 6.07) is 0.707. The van der Waals surface area contributed by atoms with Gasteiger partial charge in [0.1, 0.15) is 4.60 Å². The summed E-state index contributed by atoms with van der Waals surface area (Å²) in [5.41, 5.74) is 0. The first-order valence-corrected chi connectivity index (χ1v) is 6.04. The molecule has 0 saturated carbocycles. The largest absolute Gasteiger partial charge is 0.325 e. The van der Waals surface area contributed by atoms with Gasteiger partial charge in [0.05, 0.1) is 12.5 Å². The lowest BCUT2D eigenvalue weighted by molar-refractivity contribution is 0.366. The highest BCUT2D eigenvalue weighted by Gasteiger charge is 2.12. The van der Waals surface area contributed by atoms with E-state index in [2.05, 4.69) is 30.8 Å². The number of hydrogen-bond donors (Lipinski definition) is 1. The highest BCUT2D eigenvalue weighted by atomic mass is 79.9. The quantitative estimate of drug-likeness (QED) is 0.900. The van der Waals surface area contributed by atoms with E-state index in [1.807, 2.05) is 12.5 Å². The van der Waals surface area contributed by atoms with Gasteiger partial charge in [-0.15, -0.1) is 0 Å². The molecule has 0 radical (unpaired) electrons. The van der Waals surface area contributed by atoms with E-state index in [0.717, 1.165) is 11.1 Å². The Morgan fingerprint density at radius 2 is 2.50 bits per heavy atom. The van der Waals surface area contributed by atoms with E-state index in [1.54, 1.807) is 0 Å². The second-order valence-corrected chi connectivity index (χ2v) is 4.66. The van der Waals surface area contributed by atoms with Crippen molar-refractivity contribution < 1.29 is 0 Å². The molecule has 0 aromatic carbocycles. The van der Waals surface area contributed by atoms with E-state index in [-0.39, 0.29) is 0 Å². The molecule has 1 atom stereocenters. The summed E-state index contributed by atoms with van der Waals surface area (Å²) in [6.07, 6.45) is 8.97. The molecule has 1 aromatic heterocycles. The number of aromatic nitrogens is 2. The van der Waals surface area contributed by atoms with Crippen LogP contribution in [0.15, 0.2) is 17.1 Å². The summed E-state index contributed by atoms with van der Waals surface area (Å²) < 4.78 is 3.23. The van der Waals surface area contributed by atoms with Crippen molar-refractivity contribution >= 4 is 15.9 Å². The van der Waals surface area contributed by atoms with E-state index in [1.165, 1.54) is 32.2 Å². The molecule has 4 heteroatoms. The van der Waals surface area contributed by atoms with E-state index in [9.17, 15) is 0 Å². The Hall–Kier alpha value is -0.350. The standard InChI is InChI=1S/C10H16BrN3/c11-10-7-12-8-14(10)6-4-9-3-1-2-5-13-9/h7-9,13H,1-6H2. The van der Waals surface area contributed by atoms with Gasteiger partial charge in [-0.25, -0.2) is 4.98 Å². The Bertz CT molecular complexity index is 279. The van der Waals surface area contributed by atoms with Crippen molar-refractivity contribution in [1.82, 2.24) is 14.9 Å². The Morgan fingerprint density at radius 3 is 3.14 bits per heavy atom. The van der Waals surface area contributed by atoms with Crippen LogP contribution in [0.2, 0.25) is 0 Å². The summed E-state index contributed by atoms with van der Waals surface area (Å²) in [5, 5.41) is 3.55. The van der Waals surface area contributed by atoms with Gasteiger partial charge >= 0.3 is 0 Å². The normalized spacial score (nSPS) is 22.5. The van der Waals surface area contributed by atoms with Crippen LogP contribution in [0.5, 0.6) is 0 Å². The molecule has 0 bridgehead atoms. The summed E-state index contributed by atoms with van der Waals surface area (Å²) in [6.45, 7) is 2.24. The maximum absolute atomic E-state index is 4.08. The molecule has 2 rings (SSSR count). The second kappa shape index (κ2) is 4.94. The number of imidazole rings is 1. The van der Waals surface area contributed by atoms with Gasteiger partial charge in [0.2, 0.25) is 0 Å². The van der Waals surface area contributed by atoms with Gasteiger partial charge in [-0.3, -0.25) is 0 Å². The average molecular weight is 258 g/mol. The number of piperidine rings is 1. The molecule has 1 N–H and O–H groups in total. The molecule has 2 heterocycles. The van der Waals surface area contributed by atoms with Gasteiger partial charge in [0.15, 0.2) is 0 Å². The van der Waals surface area contributed by atoms with Gasteiger partial charge in [0, 0.05) is 12.6 Å². The third-order valence-electron chi connectivity index (χ3n) is 2.79. The minimum atomic E-state index is 0.707. The Morgan fingerprint density at radius 1 is 1.57 bits per heavy atom. The average Bonchev–Trinajstić information content (AvgIpc) is 2.63. The molecule has 1 aromatic rings. The molecule has 1 fully saturated rings. The highest BCUT2D eigenvalue weighted by molar-refractivity contribution is 9.10. The van der Waals surface area contributed by atoms with Gasteiger partial charge < -0.3 is 9.88 Å². The molecule has 0 spiro atoms. The zero-order valence-corrected chi connectivity index (χ0v) is 9.83. The van der Waals surface area contributed by atoms with Gasteiger partial charge in [-0.2, -0.15) is 0 Å². The van der Waals surface area contributed by atoms with Crippen molar-refractivity contribution in [3.63, 3.8) is 0 Å². The SMILES string of the molecule is Brc1cncn1CCC1CCCCN1. The van der Waals surface area contributed by atoms with E-state index in [0.29, 0.717) is 6.04 Å². The number of halogens is 1. The van der Waals surface area contributed by atoms with Crippen LogP contribution in [0.25, 0.3) is 0 Å². The molecule has 1 aliphatic heterocycles. The lowest BCUT2D eigenvalue weighted by Crippen LogP contribution is -2.34. The Kier molecular flexibility index (Phi) is 3.59. The maximum Gasteiger partial charge on any atom is 0.104 e. The maximum atomic E-state index is 4.08. The number of rotatable bonds is 3. The molecule has 0 aliphatic carbocycles. The van der Waals surface area contributed by atoms with Crippen molar-refractivity contribution in [3.8, 4) is 0 Å². The topological polar surface area (TPSA) is 29.9 Å². The number of aryl methyl sites for hydroxylation is 1. The summed E-state index contributed by atoms with van der Waals surface area (Å²) >= 11 is 3.47. The minimum absolute atomic E-state index is 0.707. The van der Waals surface area contributed by atoms with Crippen LogP contribution in [0.3, 0.4) is 0 Å². The first kappa shape index (κ1) is 10.2. The minimum Gasteiger partial charge on any atom is -0.325 e. The molecule has 3 nitrogen and oxygen atoms in total. The first-order valence-electron chi connectivity index (χ1n) is 5.25. The number of nitrogens with one attached hydrogen (secondary N) is 1. The lowest BCUT2D eigenvalue weighted by atomic mass is 10.0.